The zero-order valence-corrected chi connectivity index (χ0v) is 31.9. The van der Waals surface area contributed by atoms with E-state index in [4.69, 9.17) is 0 Å². The molecule has 2 heteroatoms. The normalized spacial score (nSPS) is 13.3. The van der Waals surface area contributed by atoms with E-state index >= 15 is 0 Å². The third-order valence-corrected chi connectivity index (χ3v) is 13.4. The van der Waals surface area contributed by atoms with Crippen molar-refractivity contribution in [3.8, 4) is 22.3 Å². The third-order valence-electron chi connectivity index (χ3n) is 12.3. The van der Waals surface area contributed by atoms with Crippen LogP contribution in [0, 0.1) is 0 Å². The minimum absolute atomic E-state index is 0.497. The molecule has 2 aliphatic rings. The second-order valence-corrected chi connectivity index (χ2v) is 16.3. The van der Waals surface area contributed by atoms with Crippen molar-refractivity contribution >= 4 is 61.1 Å². The van der Waals surface area contributed by atoms with Crippen LogP contribution in [-0.4, -0.2) is 0 Å². The van der Waals surface area contributed by atoms with E-state index in [1.165, 1.54) is 86.6 Å². The van der Waals surface area contributed by atoms with Gasteiger partial charge < -0.3 is 4.90 Å². The molecular weight excluding hydrogens is 707 g/mol. The summed E-state index contributed by atoms with van der Waals surface area (Å²) in [6.45, 7) is 0. The molecule has 0 fully saturated rings. The Kier molecular flexibility index (Phi) is 7.14. The first kappa shape index (κ1) is 32.4. The Morgan fingerprint density at radius 1 is 0.333 bits per heavy atom. The van der Waals surface area contributed by atoms with Crippen molar-refractivity contribution in [2.24, 2.45) is 0 Å². The topological polar surface area (TPSA) is 3.24 Å². The minimum Gasteiger partial charge on any atom is -0.309 e. The lowest BCUT2D eigenvalue weighted by molar-refractivity contribution is 0.707. The van der Waals surface area contributed by atoms with Crippen LogP contribution >= 0.6 is 11.8 Å². The molecule has 1 heterocycles. The fourth-order valence-corrected chi connectivity index (χ4v) is 11.1. The largest absolute Gasteiger partial charge is 0.309 e. The molecule has 57 heavy (non-hydrogen) atoms. The van der Waals surface area contributed by atoms with Crippen LogP contribution in [0.4, 0.5) is 17.1 Å². The number of hydrogen-bond acceptors (Lipinski definition) is 2. The SMILES string of the molecule is c1ccc(-c2cc3ccccc3cc2N(c2cccc3ccccc23)c2ccc3c4c(cccc24)C2(c4ccccc4Sc4ccccc42)c2ccccc2-3)cc1. The van der Waals surface area contributed by atoms with Crippen molar-refractivity contribution in [3.63, 3.8) is 0 Å². The van der Waals surface area contributed by atoms with Gasteiger partial charge in [0.2, 0.25) is 0 Å². The van der Waals surface area contributed by atoms with E-state index in [1.807, 2.05) is 11.8 Å². The summed E-state index contributed by atoms with van der Waals surface area (Å²) in [6.07, 6.45) is 0. The fraction of sp³-hybridized carbons (Fsp3) is 0.0182. The maximum absolute atomic E-state index is 2.55. The molecule has 0 bridgehead atoms. The highest BCUT2D eigenvalue weighted by Gasteiger charge is 2.48. The first-order valence-corrected chi connectivity index (χ1v) is 20.5. The van der Waals surface area contributed by atoms with Crippen molar-refractivity contribution in [1.82, 2.24) is 0 Å². The monoisotopic (exact) mass is 741 g/mol. The Balaban J connectivity index is 1.24. The lowest BCUT2D eigenvalue weighted by atomic mass is 9.59. The molecule has 0 atom stereocenters. The van der Waals surface area contributed by atoms with Crippen molar-refractivity contribution < 1.29 is 0 Å². The summed E-state index contributed by atoms with van der Waals surface area (Å²) >= 11 is 1.89. The van der Waals surface area contributed by atoms with Gasteiger partial charge >= 0.3 is 0 Å². The average Bonchev–Trinajstić information content (AvgIpc) is 3.28. The zero-order valence-electron chi connectivity index (χ0n) is 31.1. The number of anilines is 3. The van der Waals surface area contributed by atoms with Crippen LogP contribution in [0.5, 0.6) is 0 Å². The van der Waals surface area contributed by atoms with Gasteiger partial charge in [0.1, 0.15) is 0 Å². The summed E-state index contributed by atoms with van der Waals surface area (Å²) < 4.78 is 0. The lowest BCUT2D eigenvalue weighted by Crippen LogP contribution is -2.36. The summed E-state index contributed by atoms with van der Waals surface area (Å²) in [5.74, 6) is 0. The lowest BCUT2D eigenvalue weighted by Gasteiger charge is -2.46. The predicted octanol–water partition coefficient (Wildman–Crippen LogP) is 15.1. The summed E-state index contributed by atoms with van der Waals surface area (Å²) in [5.41, 5.74) is 13.3. The molecular formula is C55H35NS. The number of hydrogen-bond donors (Lipinski definition) is 0. The smallest absolute Gasteiger partial charge is 0.0735 e. The molecule has 0 unspecified atom stereocenters. The molecule has 1 aliphatic heterocycles. The molecule has 0 aromatic heterocycles. The molecule has 0 saturated heterocycles. The summed E-state index contributed by atoms with van der Waals surface area (Å²) in [4.78, 5) is 5.17. The van der Waals surface area contributed by atoms with Crippen LogP contribution in [-0.2, 0) is 5.41 Å². The zero-order chi connectivity index (χ0) is 37.5. The summed E-state index contributed by atoms with van der Waals surface area (Å²) in [7, 11) is 0. The van der Waals surface area contributed by atoms with E-state index in [1.54, 1.807) is 0 Å². The van der Waals surface area contributed by atoms with Crippen LogP contribution in [0.15, 0.2) is 222 Å². The van der Waals surface area contributed by atoms with Gasteiger partial charge in [0, 0.05) is 26.1 Å². The molecule has 10 aromatic rings. The molecule has 12 rings (SSSR count). The van der Waals surface area contributed by atoms with Gasteiger partial charge in [-0.15, -0.1) is 0 Å². The predicted molar refractivity (Wildman–Crippen MR) is 241 cm³/mol. The van der Waals surface area contributed by atoms with Gasteiger partial charge in [0.05, 0.1) is 22.5 Å². The van der Waals surface area contributed by atoms with Gasteiger partial charge in [0.15, 0.2) is 0 Å². The maximum Gasteiger partial charge on any atom is 0.0735 e. The number of benzene rings is 10. The number of fused-ring (bicyclic) bond motifs is 10. The van der Waals surface area contributed by atoms with Crippen molar-refractivity contribution in [2.45, 2.75) is 15.2 Å². The van der Waals surface area contributed by atoms with Crippen molar-refractivity contribution in [3.05, 3.63) is 235 Å². The van der Waals surface area contributed by atoms with Gasteiger partial charge in [-0.2, -0.15) is 0 Å². The van der Waals surface area contributed by atoms with Crippen LogP contribution in [0.3, 0.4) is 0 Å². The molecule has 0 N–H and O–H groups in total. The van der Waals surface area contributed by atoms with Crippen LogP contribution < -0.4 is 4.90 Å². The Labute approximate surface area is 336 Å². The van der Waals surface area contributed by atoms with Gasteiger partial charge in [-0.3, -0.25) is 0 Å². The number of nitrogens with zero attached hydrogens (tertiary/aromatic N) is 1. The van der Waals surface area contributed by atoms with E-state index in [2.05, 4.69) is 217 Å². The van der Waals surface area contributed by atoms with E-state index in [9.17, 15) is 0 Å². The van der Waals surface area contributed by atoms with E-state index in [0.717, 1.165) is 17.1 Å². The minimum atomic E-state index is -0.497. The van der Waals surface area contributed by atoms with Gasteiger partial charge in [0.25, 0.3) is 0 Å². The first-order chi connectivity index (χ1) is 28.3. The summed E-state index contributed by atoms with van der Waals surface area (Å²) in [5, 5.41) is 7.39. The van der Waals surface area contributed by atoms with Crippen molar-refractivity contribution in [1.29, 1.82) is 0 Å². The number of rotatable bonds is 4. The third kappa shape index (κ3) is 4.65. The average molecular weight is 742 g/mol. The van der Waals surface area contributed by atoms with Crippen LogP contribution in [0.2, 0.25) is 0 Å². The second kappa shape index (κ2) is 12.6. The Bertz CT molecular complexity index is 3180. The molecule has 1 spiro atoms. The highest BCUT2D eigenvalue weighted by atomic mass is 32.2. The molecule has 1 aliphatic carbocycles. The Morgan fingerprint density at radius 3 is 1.68 bits per heavy atom. The molecule has 0 radical (unpaired) electrons. The fourth-order valence-electron chi connectivity index (χ4n) is 9.94. The van der Waals surface area contributed by atoms with Crippen molar-refractivity contribution in [2.75, 3.05) is 4.90 Å². The molecule has 0 saturated carbocycles. The second-order valence-electron chi connectivity index (χ2n) is 15.2. The Hall–Kier alpha value is -6.87. The van der Waals surface area contributed by atoms with Gasteiger partial charge in [-0.25, -0.2) is 0 Å². The molecule has 10 aromatic carbocycles. The van der Waals surface area contributed by atoms with E-state index in [-0.39, 0.29) is 0 Å². The molecule has 266 valence electrons. The highest BCUT2D eigenvalue weighted by Crippen LogP contribution is 2.62. The van der Waals surface area contributed by atoms with E-state index in [0.29, 0.717) is 0 Å². The molecule has 1 nitrogen and oxygen atoms in total. The summed E-state index contributed by atoms with van der Waals surface area (Å²) in [6, 6.07) is 79.1. The van der Waals surface area contributed by atoms with Gasteiger partial charge in [-0.1, -0.05) is 188 Å². The standard InChI is InChI=1S/C55H35NS/c1-2-16-37(17-3-1)44-34-38-19-4-5-20-39(38)35-51(44)56(49-29-14-21-36-18-6-7-22-40(36)49)50-33-32-42-41-23-8-9-25-45(41)55(48-28-15-24-43(50)54(42)48)46-26-10-12-30-52(46)57-53-31-13-11-27-47(53)55/h1-35H. The van der Waals surface area contributed by atoms with Crippen LogP contribution in [0.25, 0.3) is 54.6 Å². The first-order valence-electron chi connectivity index (χ1n) is 19.7. The quantitative estimate of drug-likeness (QED) is 0.177. The maximum atomic E-state index is 2.55. The Morgan fingerprint density at radius 2 is 0.895 bits per heavy atom. The van der Waals surface area contributed by atoms with E-state index < -0.39 is 5.41 Å². The van der Waals surface area contributed by atoms with Gasteiger partial charge in [-0.05, 0) is 96.9 Å². The van der Waals surface area contributed by atoms with Crippen LogP contribution in [0.1, 0.15) is 22.3 Å². The molecule has 0 amide bonds. The highest BCUT2D eigenvalue weighted by molar-refractivity contribution is 7.99.